The predicted molar refractivity (Wildman–Crippen MR) is 119 cm³/mol. The number of esters is 1. The molecule has 0 spiro atoms. The first kappa shape index (κ1) is 20.7. The molecule has 4 rings (SSSR count). The van der Waals surface area contributed by atoms with Gasteiger partial charge < -0.3 is 24.9 Å². The van der Waals surface area contributed by atoms with Gasteiger partial charge >= 0.3 is 11.6 Å². The maximum Gasteiger partial charge on any atom is 0.360 e. The van der Waals surface area contributed by atoms with Crippen molar-refractivity contribution in [2.75, 3.05) is 12.4 Å². The molecule has 1 aromatic heterocycles. The molecule has 1 heterocycles. The van der Waals surface area contributed by atoms with E-state index >= 15 is 0 Å². The number of aromatic hydroxyl groups is 1. The molecule has 0 aliphatic heterocycles. The van der Waals surface area contributed by atoms with Crippen molar-refractivity contribution in [1.82, 2.24) is 5.32 Å². The Balaban J connectivity index is 1.70. The molecule has 8 nitrogen and oxygen atoms in total. The first-order chi connectivity index (χ1) is 15.5. The van der Waals surface area contributed by atoms with Crippen LogP contribution in [0.2, 0.25) is 0 Å². The van der Waals surface area contributed by atoms with Gasteiger partial charge in [0.1, 0.15) is 22.7 Å². The van der Waals surface area contributed by atoms with Crippen LogP contribution in [-0.4, -0.2) is 24.1 Å². The number of hydrogen-bond donors (Lipinski definition) is 3. The fourth-order valence-corrected chi connectivity index (χ4v) is 3.20. The Bertz CT molecular complexity index is 1420. The third kappa shape index (κ3) is 4.15. The molecule has 0 aliphatic rings. The summed E-state index contributed by atoms with van der Waals surface area (Å²) in [6.45, 7) is 0. The molecule has 0 fully saturated rings. The Morgan fingerprint density at radius 1 is 1.00 bits per heavy atom. The highest BCUT2D eigenvalue weighted by molar-refractivity contribution is 6.07. The van der Waals surface area contributed by atoms with Gasteiger partial charge in [-0.2, -0.15) is 0 Å². The molecule has 0 saturated carbocycles. The van der Waals surface area contributed by atoms with Crippen LogP contribution in [0.3, 0.4) is 0 Å². The molecule has 8 heteroatoms. The summed E-state index contributed by atoms with van der Waals surface area (Å²) in [5, 5.41) is 17.1. The minimum Gasteiger partial charge on any atom is -0.508 e. The molecule has 0 saturated heterocycles. The molecule has 3 N–H and O–H groups in total. The third-order valence-corrected chi connectivity index (χ3v) is 4.78. The Kier molecular flexibility index (Phi) is 5.59. The molecule has 0 atom stereocenters. The molecule has 1 amide bonds. The van der Waals surface area contributed by atoms with Crippen molar-refractivity contribution < 1.29 is 23.8 Å². The van der Waals surface area contributed by atoms with Gasteiger partial charge in [0.2, 0.25) is 0 Å². The van der Waals surface area contributed by atoms with Gasteiger partial charge in [-0.25, -0.2) is 9.59 Å². The van der Waals surface area contributed by atoms with E-state index in [2.05, 4.69) is 10.6 Å². The standard InChI is InChI=1S/C24H18N2O6/c1-31-23(29)20(26-22(28)15-5-3-2-4-6-15)13-25-19-12-18-17-11-16(27)9-7-14(17)8-10-21(18)32-24(19)30/h2-13,25,27H,1H3,(H,26,28)/b20-13-. The zero-order chi connectivity index (χ0) is 22.7. The highest BCUT2D eigenvalue weighted by atomic mass is 16.5. The van der Waals surface area contributed by atoms with Crippen LogP contribution in [0.15, 0.2) is 87.8 Å². The first-order valence-electron chi connectivity index (χ1n) is 9.57. The molecule has 32 heavy (non-hydrogen) atoms. The normalized spacial score (nSPS) is 11.3. The van der Waals surface area contributed by atoms with Crippen molar-refractivity contribution in [3.63, 3.8) is 0 Å². The van der Waals surface area contributed by atoms with Crippen molar-refractivity contribution in [2.24, 2.45) is 0 Å². The van der Waals surface area contributed by atoms with Gasteiger partial charge in [-0.05, 0) is 47.2 Å². The fourth-order valence-electron chi connectivity index (χ4n) is 3.20. The number of phenolic OH excluding ortho intramolecular Hbond substituents is 1. The molecule has 0 radical (unpaired) electrons. The second kappa shape index (κ2) is 8.65. The van der Waals surface area contributed by atoms with E-state index < -0.39 is 17.5 Å². The van der Waals surface area contributed by atoms with Crippen LogP contribution in [0, 0.1) is 0 Å². The monoisotopic (exact) mass is 430 g/mol. The van der Waals surface area contributed by atoms with E-state index in [9.17, 15) is 19.5 Å². The summed E-state index contributed by atoms with van der Waals surface area (Å²) in [4.78, 5) is 37.0. The van der Waals surface area contributed by atoms with Crippen LogP contribution in [0.4, 0.5) is 5.69 Å². The first-order valence-corrected chi connectivity index (χ1v) is 9.57. The molecular formula is C24H18N2O6. The number of nitrogens with one attached hydrogen (secondary N) is 2. The average molecular weight is 430 g/mol. The van der Waals surface area contributed by atoms with E-state index in [0.29, 0.717) is 21.9 Å². The van der Waals surface area contributed by atoms with Crippen molar-refractivity contribution >= 4 is 39.3 Å². The SMILES string of the molecule is COC(=O)/C(=C/Nc1cc2c(ccc3ccc(O)cc32)oc1=O)NC(=O)c1ccccc1. The van der Waals surface area contributed by atoms with Gasteiger partial charge in [-0.3, -0.25) is 4.79 Å². The number of anilines is 1. The lowest BCUT2D eigenvalue weighted by Crippen LogP contribution is -2.29. The quantitative estimate of drug-likeness (QED) is 0.192. The zero-order valence-corrected chi connectivity index (χ0v) is 16.9. The minimum absolute atomic E-state index is 0.0312. The van der Waals surface area contributed by atoms with Gasteiger partial charge in [0.25, 0.3) is 5.91 Å². The maximum absolute atomic E-state index is 12.4. The topological polar surface area (TPSA) is 118 Å². The van der Waals surface area contributed by atoms with Crippen molar-refractivity contribution in [1.29, 1.82) is 0 Å². The maximum atomic E-state index is 12.4. The summed E-state index contributed by atoms with van der Waals surface area (Å²) in [6, 6.07) is 18.2. The number of phenols is 1. The summed E-state index contributed by atoms with van der Waals surface area (Å²) in [5.74, 6) is -1.25. The summed E-state index contributed by atoms with van der Waals surface area (Å²) in [5.41, 5.74) is -0.154. The Morgan fingerprint density at radius 3 is 2.50 bits per heavy atom. The van der Waals surface area contributed by atoms with E-state index in [4.69, 9.17) is 9.15 Å². The largest absolute Gasteiger partial charge is 0.508 e. The smallest absolute Gasteiger partial charge is 0.360 e. The molecule has 3 aromatic carbocycles. The van der Waals surface area contributed by atoms with Crippen LogP contribution < -0.4 is 16.3 Å². The molecular weight excluding hydrogens is 412 g/mol. The third-order valence-electron chi connectivity index (χ3n) is 4.78. The number of carbonyl (C=O) groups excluding carboxylic acids is 2. The van der Waals surface area contributed by atoms with Gasteiger partial charge in [-0.1, -0.05) is 30.3 Å². The van der Waals surface area contributed by atoms with Gasteiger partial charge in [0.15, 0.2) is 0 Å². The Morgan fingerprint density at radius 2 is 1.75 bits per heavy atom. The van der Waals surface area contributed by atoms with E-state index in [1.807, 2.05) is 0 Å². The lowest BCUT2D eigenvalue weighted by molar-refractivity contribution is -0.136. The Labute approximate surface area is 181 Å². The van der Waals surface area contributed by atoms with Crippen LogP contribution in [-0.2, 0) is 9.53 Å². The molecule has 0 unspecified atom stereocenters. The summed E-state index contributed by atoms with van der Waals surface area (Å²) >= 11 is 0. The summed E-state index contributed by atoms with van der Waals surface area (Å²) in [7, 11) is 1.17. The lowest BCUT2D eigenvalue weighted by Gasteiger charge is -2.10. The number of hydrogen-bond acceptors (Lipinski definition) is 7. The van der Waals surface area contributed by atoms with E-state index in [0.717, 1.165) is 11.6 Å². The molecule has 0 aliphatic carbocycles. The van der Waals surface area contributed by atoms with E-state index in [-0.39, 0.29) is 17.1 Å². The van der Waals surface area contributed by atoms with Gasteiger partial charge in [-0.15, -0.1) is 0 Å². The number of amides is 1. The lowest BCUT2D eigenvalue weighted by atomic mass is 10.1. The Hall–Kier alpha value is -4.59. The summed E-state index contributed by atoms with van der Waals surface area (Å²) < 4.78 is 10.1. The number of ether oxygens (including phenoxy) is 1. The van der Waals surface area contributed by atoms with Crippen LogP contribution in [0.5, 0.6) is 5.75 Å². The second-order valence-electron chi connectivity index (χ2n) is 6.84. The molecule has 4 aromatic rings. The van der Waals surface area contributed by atoms with Crippen molar-refractivity contribution in [3.8, 4) is 5.75 Å². The molecule has 0 bridgehead atoms. The van der Waals surface area contributed by atoms with E-state index in [1.54, 1.807) is 66.7 Å². The van der Waals surface area contributed by atoms with Crippen molar-refractivity contribution in [3.05, 3.63) is 94.6 Å². The molecule has 160 valence electrons. The predicted octanol–water partition coefficient (Wildman–Crippen LogP) is 3.51. The van der Waals surface area contributed by atoms with Crippen molar-refractivity contribution in [2.45, 2.75) is 0 Å². The fraction of sp³-hybridized carbons (Fsp3) is 0.0417. The zero-order valence-electron chi connectivity index (χ0n) is 16.9. The van der Waals surface area contributed by atoms with Crippen LogP contribution >= 0.6 is 0 Å². The van der Waals surface area contributed by atoms with Crippen LogP contribution in [0.25, 0.3) is 21.7 Å². The number of fused-ring (bicyclic) bond motifs is 3. The van der Waals surface area contributed by atoms with Gasteiger partial charge in [0.05, 0.1) is 7.11 Å². The number of rotatable bonds is 5. The number of benzene rings is 3. The highest BCUT2D eigenvalue weighted by Gasteiger charge is 2.15. The van der Waals surface area contributed by atoms with E-state index in [1.165, 1.54) is 7.11 Å². The average Bonchev–Trinajstić information content (AvgIpc) is 2.81. The number of carbonyl (C=O) groups is 2. The summed E-state index contributed by atoms with van der Waals surface area (Å²) in [6.07, 6.45) is 1.16. The second-order valence-corrected chi connectivity index (χ2v) is 6.84. The minimum atomic E-state index is -0.803. The van der Waals surface area contributed by atoms with Crippen LogP contribution in [0.1, 0.15) is 10.4 Å². The highest BCUT2D eigenvalue weighted by Crippen LogP contribution is 2.29. The van der Waals surface area contributed by atoms with Gasteiger partial charge in [0, 0.05) is 17.1 Å². The number of methoxy groups -OCH3 is 1.